The Bertz CT molecular complexity index is 2080. The van der Waals surface area contributed by atoms with Gasteiger partial charge in [-0.25, -0.2) is 4.79 Å². The molecule has 0 fully saturated rings. The van der Waals surface area contributed by atoms with Gasteiger partial charge in [-0.15, -0.1) is 0 Å². The number of sulfonamides is 1. The van der Waals surface area contributed by atoms with E-state index in [1.165, 1.54) is 94.5 Å². The molecule has 11 nitrogen and oxygen atoms in total. The van der Waals surface area contributed by atoms with Gasteiger partial charge in [-0.2, -0.15) is 26.8 Å². The summed E-state index contributed by atoms with van der Waals surface area (Å²) < 4.78 is 68.8. The van der Waals surface area contributed by atoms with Crippen LogP contribution in [0.3, 0.4) is 0 Å². The van der Waals surface area contributed by atoms with Crippen LogP contribution in [0.2, 0.25) is 0 Å². The molecule has 1 aromatic heterocycles. The van der Waals surface area contributed by atoms with Crippen LogP contribution in [0.25, 0.3) is 22.2 Å². The van der Waals surface area contributed by atoms with Crippen LogP contribution < -0.4 is 14.9 Å². The molecule has 0 unspecified atom stereocenters. The van der Waals surface area contributed by atoms with Crippen LogP contribution in [-0.4, -0.2) is 43.6 Å². The minimum Gasteiger partial charge on any atom is -0.492 e. The molecule has 0 aliphatic carbocycles. The van der Waals surface area contributed by atoms with Crippen LogP contribution in [-0.2, 0) is 27.2 Å². The Labute approximate surface area is 307 Å². The highest BCUT2D eigenvalue weighted by atomic mass is 32.2. The number of unbranched alkanes of at least 4 members (excludes halogenated alkanes) is 13. The number of aromatic nitrogens is 1. The summed E-state index contributed by atoms with van der Waals surface area (Å²) in [6.07, 6.45) is 16.8. The number of hydrogen-bond acceptors (Lipinski definition) is 7. The standard InChI is InChI=1S/C39H51N3O8S2/c1-3-4-5-6-7-8-9-10-11-12-13-14-15-19-26-50-37-25-22-31(39(43)44)27-38(37)51(45,46)41-40-34-29-36(30-20-17-16-18-21-30)42(2)35-24-23-32(28-33(34)35)52(47,48)49/h16-18,20-25,27-29,41H,3-15,19,26H2,1-2H3,(H,43,44)(H,47,48,49). The van der Waals surface area contributed by atoms with E-state index in [1.807, 2.05) is 30.3 Å². The number of aryl methyl sites for hydroxylation is 1. The number of rotatable bonds is 22. The fraction of sp³-hybridized carbons (Fsp3) is 0.436. The molecule has 282 valence electrons. The number of ether oxygens (including phenoxy) is 1. The van der Waals surface area contributed by atoms with E-state index in [2.05, 4.69) is 16.9 Å². The third-order valence-electron chi connectivity index (χ3n) is 9.13. The lowest BCUT2D eigenvalue weighted by molar-refractivity contribution is 0.0696. The van der Waals surface area contributed by atoms with Crippen molar-refractivity contribution in [2.75, 3.05) is 6.61 Å². The van der Waals surface area contributed by atoms with E-state index in [0.717, 1.165) is 30.9 Å². The monoisotopic (exact) mass is 753 g/mol. The average molecular weight is 754 g/mol. The van der Waals surface area contributed by atoms with Crippen molar-refractivity contribution in [1.82, 2.24) is 9.40 Å². The molecule has 0 saturated heterocycles. The zero-order valence-electron chi connectivity index (χ0n) is 30.1. The second kappa shape index (κ2) is 19.6. The van der Waals surface area contributed by atoms with E-state index in [1.54, 1.807) is 17.7 Å². The number of pyridine rings is 1. The van der Waals surface area contributed by atoms with Gasteiger partial charge < -0.3 is 14.4 Å². The van der Waals surface area contributed by atoms with Gasteiger partial charge in [-0.3, -0.25) is 4.55 Å². The van der Waals surface area contributed by atoms with Crippen molar-refractivity contribution < 1.29 is 36.0 Å². The van der Waals surface area contributed by atoms with Crippen molar-refractivity contribution in [2.24, 2.45) is 12.1 Å². The molecule has 3 aromatic carbocycles. The Kier molecular flexibility index (Phi) is 15.3. The zero-order chi connectivity index (χ0) is 37.6. The quantitative estimate of drug-likeness (QED) is 0.0409. The number of fused-ring (bicyclic) bond motifs is 1. The molecule has 13 heteroatoms. The molecule has 0 saturated carbocycles. The lowest BCUT2D eigenvalue weighted by Gasteiger charge is -2.15. The largest absolute Gasteiger partial charge is 0.492 e. The Morgan fingerprint density at radius 2 is 1.37 bits per heavy atom. The van der Waals surface area contributed by atoms with Crippen LogP contribution >= 0.6 is 0 Å². The Morgan fingerprint density at radius 1 is 0.769 bits per heavy atom. The molecule has 0 aliphatic rings. The first-order valence-corrected chi connectivity index (χ1v) is 21.1. The number of benzene rings is 3. The summed E-state index contributed by atoms with van der Waals surface area (Å²) in [6, 6.07) is 18.4. The van der Waals surface area contributed by atoms with Gasteiger partial charge in [0.15, 0.2) is 0 Å². The Morgan fingerprint density at radius 3 is 1.94 bits per heavy atom. The van der Waals surface area contributed by atoms with Crippen LogP contribution in [0.4, 0.5) is 0 Å². The molecular formula is C39H51N3O8S2. The molecule has 4 aromatic rings. The van der Waals surface area contributed by atoms with Crippen molar-refractivity contribution in [3.8, 4) is 17.0 Å². The number of aromatic carboxylic acids is 1. The zero-order valence-corrected chi connectivity index (χ0v) is 31.7. The van der Waals surface area contributed by atoms with Gasteiger partial charge in [-0.1, -0.05) is 121 Å². The average Bonchev–Trinajstić information content (AvgIpc) is 3.12. The van der Waals surface area contributed by atoms with Crippen molar-refractivity contribution in [3.05, 3.63) is 83.7 Å². The molecule has 4 rings (SSSR count). The number of carboxylic acids is 1. The highest BCUT2D eigenvalue weighted by Gasteiger charge is 2.22. The number of carboxylic acid groups (broad SMARTS) is 1. The van der Waals surface area contributed by atoms with Gasteiger partial charge in [0.2, 0.25) is 0 Å². The predicted molar refractivity (Wildman–Crippen MR) is 203 cm³/mol. The maximum Gasteiger partial charge on any atom is 0.335 e. The summed E-state index contributed by atoms with van der Waals surface area (Å²) in [5, 5.41) is 14.1. The van der Waals surface area contributed by atoms with E-state index in [9.17, 15) is 31.3 Å². The summed E-state index contributed by atoms with van der Waals surface area (Å²) in [5.74, 6) is -1.32. The minimum absolute atomic E-state index is 0.00894. The SMILES string of the molecule is CCCCCCCCCCCCCCCCOc1ccc(C(=O)O)cc1S(=O)(=O)NN=c1cc(-c2ccccc2)n(C)c2ccc(S(=O)(=O)O)cc12. The lowest BCUT2D eigenvalue weighted by atomic mass is 10.0. The minimum atomic E-state index is -4.58. The van der Waals surface area contributed by atoms with Gasteiger partial charge in [0.1, 0.15) is 10.6 Å². The van der Waals surface area contributed by atoms with E-state index in [0.29, 0.717) is 17.6 Å². The number of carbonyl (C=O) groups is 1. The fourth-order valence-corrected chi connectivity index (χ4v) is 7.69. The normalized spacial score (nSPS) is 12.3. The molecule has 52 heavy (non-hydrogen) atoms. The van der Waals surface area contributed by atoms with Crippen LogP contribution in [0.15, 0.2) is 87.7 Å². The second-order valence-corrected chi connectivity index (χ2v) is 16.2. The van der Waals surface area contributed by atoms with E-state index in [4.69, 9.17) is 4.74 Å². The maximum atomic E-state index is 13.7. The fourth-order valence-electron chi connectivity index (χ4n) is 6.19. The Balaban J connectivity index is 1.47. The molecule has 1 heterocycles. The summed E-state index contributed by atoms with van der Waals surface area (Å²) in [4.78, 5) is 13.2. The molecule has 3 N–H and O–H groups in total. The third-order valence-corrected chi connectivity index (χ3v) is 11.2. The maximum absolute atomic E-state index is 13.7. The van der Waals surface area contributed by atoms with E-state index < -0.39 is 31.0 Å². The summed E-state index contributed by atoms with van der Waals surface area (Å²) in [6.45, 7) is 2.49. The van der Waals surface area contributed by atoms with Gasteiger partial charge in [-0.05, 0) is 54.4 Å². The lowest BCUT2D eigenvalue weighted by Crippen LogP contribution is -2.24. The molecule has 0 spiro atoms. The topological polar surface area (TPSA) is 164 Å². The number of hydrogen-bond donors (Lipinski definition) is 3. The highest BCUT2D eigenvalue weighted by Crippen LogP contribution is 2.27. The summed E-state index contributed by atoms with van der Waals surface area (Å²) in [7, 11) is -7.30. The Hall–Kier alpha value is -4.20. The van der Waals surface area contributed by atoms with E-state index >= 15 is 0 Å². The van der Waals surface area contributed by atoms with Crippen molar-refractivity contribution in [2.45, 2.75) is 107 Å². The highest BCUT2D eigenvalue weighted by molar-refractivity contribution is 7.89. The van der Waals surface area contributed by atoms with Gasteiger partial charge in [0.25, 0.3) is 20.1 Å². The van der Waals surface area contributed by atoms with Crippen molar-refractivity contribution in [1.29, 1.82) is 0 Å². The number of nitrogens with one attached hydrogen (secondary N) is 1. The van der Waals surface area contributed by atoms with Crippen LogP contribution in [0, 0.1) is 0 Å². The third kappa shape index (κ3) is 11.7. The molecule has 0 aliphatic heterocycles. The van der Waals surface area contributed by atoms with Gasteiger partial charge in [0, 0.05) is 12.4 Å². The van der Waals surface area contributed by atoms with Gasteiger partial charge >= 0.3 is 5.97 Å². The first-order chi connectivity index (χ1) is 24.9. The second-order valence-electron chi connectivity index (χ2n) is 13.1. The molecule has 0 radical (unpaired) electrons. The van der Waals surface area contributed by atoms with Crippen molar-refractivity contribution in [3.63, 3.8) is 0 Å². The molecule has 0 bridgehead atoms. The first kappa shape index (κ1) is 40.6. The first-order valence-electron chi connectivity index (χ1n) is 18.1. The summed E-state index contributed by atoms with van der Waals surface area (Å²) in [5.41, 5.74) is 1.71. The number of nitrogens with zero attached hydrogens (tertiary/aromatic N) is 2. The van der Waals surface area contributed by atoms with E-state index in [-0.39, 0.29) is 33.6 Å². The smallest absolute Gasteiger partial charge is 0.335 e. The van der Waals surface area contributed by atoms with Crippen LogP contribution in [0.5, 0.6) is 5.75 Å². The van der Waals surface area contributed by atoms with Crippen molar-refractivity contribution >= 4 is 37.0 Å². The molecule has 0 atom stereocenters. The summed E-state index contributed by atoms with van der Waals surface area (Å²) >= 11 is 0. The van der Waals surface area contributed by atoms with Crippen LogP contribution in [0.1, 0.15) is 107 Å². The molecule has 0 amide bonds. The molecular weight excluding hydrogens is 703 g/mol. The van der Waals surface area contributed by atoms with Gasteiger partial charge in [0.05, 0.1) is 33.6 Å². The predicted octanol–water partition coefficient (Wildman–Crippen LogP) is 8.44.